The second-order valence-electron chi connectivity index (χ2n) is 4.55. The molecule has 0 unspecified atom stereocenters. The highest BCUT2D eigenvalue weighted by Gasteiger charge is 2.21. The molecule has 0 aromatic heterocycles. The van der Waals surface area contributed by atoms with Crippen molar-refractivity contribution in [3.63, 3.8) is 0 Å². The Balaban J connectivity index is 2.34. The summed E-state index contributed by atoms with van der Waals surface area (Å²) >= 11 is 0. The highest BCUT2D eigenvalue weighted by Crippen LogP contribution is 2.28. The third-order valence-corrected chi connectivity index (χ3v) is 2.97. The molecule has 0 heterocycles. The topological polar surface area (TPSA) is 98.5 Å². The average molecular weight is 314 g/mol. The van der Waals surface area contributed by atoms with Crippen molar-refractivity contribution >= 4 is 17.6 Å². The van der Waals surface area contributed by atoms with E-state index in [1.165, 1.54) is 24.3 Å². The predicted octanol–water partition coefficient (Wildman–Crippen LogP) is 2.56. The minimum atomic E-state index is -0.734. The molecule has 7 heteroatoms. The number of hydrogen-bond acceptors (Lipinski definition) is 5. The second kappa shape index (κ2) is 7.17. The number of hydrogen-bond donors (Lipinski definition) is 1. The quantitative estimate of drug-likeness (QED) is 0.396. The van der Waals surface area contributed by atoms with Gasteiger partial charge in [-0.25, -0.2) is 4.79 Å². The van der Waals surface area contributed by atoms with Crippen molar-refractivity contribution < 1.29 is 19.2 Å². The van der Waals surface area contributed by atoms with Crippen LogP contribution in [-0.2, 0) is 0 Å². The number of amides is 1. The van der Waals surface area contributed by atoms with Gasteiger partial charge in [0.2, 0.25) is 5.75 Å². The van der Waals surface area contributed by atoms with Gasteiger partial charge in [-0.1, -0.05) is 18.2 Å². The predicted molar refractivity (Wildman–Crippen MR) is 82.5 cm³/mol. The molecule has 0 saturated carbocycles. The van der Waals surface area contributed by atoms with E-state index in [-0.39, 0.29) is 22.6 Å². The summed E-state index contributed by atoms with van der Waals surface area (Å²) in [6.07, 6.45) is 0. The lowest BCUT2D eigenvalue weighted by atomic mass is 10.1. The number of nitro benzene ring substituents is 1. The molecule has 0 spiro atoms. The summed E-state index contributed by atoms with van der Waals surface area (Å²) in [5.41, 5.74) is 0.0425. The Labute approximate surface area is 132 Å². The maximum atomic E-state index is 12.1. The Bertz CT molecular complexity index is 743. The maximum Gasteiger partial charge on any atom is 0.343 e. The van der Waals surface area contributed by atoms with Gasteiger partial charge in [-0.05, 0) is 25.1 Å². The molecule has 0 aliphatic heterocycles. The zero-order valence-corrected chi connectivity index (χ0v) is 12.3. The summed E-state index contributed by atoms with van der Waals surface area (Å²) in [5.74, 6) is -1.41. The minimum absolute atomic E-state index is 0.174. The summed E-state index contributed by atoms with van der Waals surface area (Å²) < 4.78 is 5.10. The molecule has 0 fully saturated rings. The van der Waals surface area contributed by atoms with Crippen molar-refractivity contribution in [2.45, 2.75) is 6.92 Å². The highest BCUT2D eigenvalue weighted by atomic mass is 16.6. The zero-order valence-electron chi connectivity index (χ0n) is 12.3. The summed E-state index contributed by atoms with van der Waals surface area (Å²) in [6.45, 7) is 2.16. The lowest BCUT2D eigenvalue weighted by Crippen LogP contribution is -2.22. The Hall–Kier alpha value is -3.22. The summed E-state index contributed by atoms with van der Waals surface area (Å²) in [7, 11) is 0. The van der Waals surface area contributed by atoms with Crippen LogP contribution in [0.4, 0.5) is 5.69 Å². The van der Waals surface area contributed by atoms with E-state index in [9.17, 15) is 19.7 Å². The molecule has 0 saturated heterocycles. The van der Waals surface area contributed by atoms with Gasteiger partial charge in [0.1, 0.15) is 0 Å². The van der Waals surface area contributed by atoms with Crippen LogP contribution in [-0.4, -0.2) is 23.3 Å². The zero-order chi connectivity index (χ0) is 16.8. The van der Waals surface area contributed by atoms with E-state index >= 15 is 0 Å². The van der Waals surface area contributed by atoms with Gasteiger partial charge >= 0.3 is 11.7 Å². The van der Waals surface area contributed by atoms with E-state index in [2.05, 4.69) is 5.32 Å². The van der Waals surface area contributed by atoms with Crippen molar-refractivity contribution in [1.82, 2.24) is 5.32 Å². The Kier molecular flexibility index (Phi) is 5.03. The molecule has 2 aromatic carbocycles. The first-order valence-electron chi connectivity index (χ1n) is 6.86. The van der Waals surface area contributed by atoms with Crippen molar-refractivity contribution in [3.05, 3.63) is 69.8 Å². The number of esters is 1. The molecule has 1 N–H and O–H groups in total. The second-order valence-corrected chi connectivity index (χ2v) is 4.55. The van der Waals surface area contributed by atoms with E-state index in [4.69, 9.17) is 4.74 Å². The van der Waals surface area contributed by atoms with E-state index in [0.717, 1.165) is 6.07 Å². The smallest absolute Gasteiger partial charge is 0.343 e. The molecule has 118 valence electrons. The molecule has 0 bridgehead atoms. The molecule has 0 radical (unpaired) electrons. The van der Waals surface area contributed by atoms with Gasteiger partial charge in [0, 0.05) is 24.2 Å². The number of carbonyl (C=O) groups is 2. The van der Waals surface area contributed by atoms with Crippen LogP contribution in [0.5, 0.6) is 5.75 Å². The van der Waals surface area contributed by atoms with Gasteiger partial charge < -0.3 is 10.1 Å². The van der Waals surface area contributed by atoms with Crippen molar-refractivity contribution in [2.24, 2.45) is 0 Å². The summed E-state index contributed by atoms with van der Waals surface area (Å²) in [5, 5.41) is 13.6. The fourth-order valence-corrected chi connectivity index (χ4v) is 1.88. The fraction of sp³-hybridized carbons (Fsp3) is 0.125. The first-order chi connectivity index (χ1) is 11.0. The first-order valence-corrected chi connectivity index (χ1v) is 6.86. The molecule has 1 amide bonds. The van der Waals surface area contributed by atoms with Crippen molar-refractivity contribution in [1.29, 1.82) is 0 Å². The fourth-order valence-electron chi connectivity index (χ4n) is 1.88. The van der Waals surface area contributed by atoms with E-state index in [0.29, 0.717) is 6.54 Å². The van der Waals surface area contributed by atoms with Crippen LogP contribution < -0.4 is 10.1 Å². The third-order valence-electron chi connectivity index (χ3n) is 2.97. The lowest BCUT2D eigenvalue weighted by molar-refractivity contribution is -0.385. The van der Waals surface area contributed by atoms with Gasteiger partial charge in [-0.15, -0.1) is 0 Å². The molecular weight excluding hydrogens is 300 g/mol. The molecule has 2 rings (SSSR count). The van der Waals surface area contributed by atoms with Crippen molar-refractivity contribution in [3.8, 4) is 5.75 Å². The normalized spacial score (nSPS) is 9.96. The SMILES string of the molecule is CCNC(=O)c1ccc([N+](=O)[O-])c(OC(=O)c2ccccc2)c1. The summed E-state index contributed by atoms with van der Waals surface area (Å²) in [4.78, 5) is 34.3. The molecule has 0 atom stereocenters. The van der Waals surface area contributed by atoms with Gasteiger partial charge in [0.15, 0.2) is 0 Å². The van der Waals surface area contributed by atoms with Gasteiger partial charge in [-0.2, -0.15) is 0 Å². The first kappa shape index (κ1) is 16.2. The van der Waals surface area contributed by atoms with Crippen LogP contribution in [0.15, 0.2) is 48.5 Å². The van der Waals surface area contributed by atoms with Crippen LogP contribution in [0, 0.1) is 10.1 Å². The van der Waals surface area contributed by atoms with Crippen molar-refractivity contribution in [2.75, 3.05) is 6.54 Å². The molecule has 0 aliphatic carbocycles. The molecule has 23 heavy (non-hydrogen) atoms. The number of carbonyl (C=O) groups excluding carboxylic acids is 2. The number of rotatable bonds is 5. The highest BCUT2D eigenvalue weighted by molar-refractivity contribution is 5.96. The largest absolute Gasteiger partial charge is 0.416 e. The van der Waals surface area contributed by atoms with E-state index < -0.39 is 16.8 Å². The summed E-state index contributed by atoms with van der Waals surface area (Å²) in [6, 6.07) is 11.7. The van der Waals surface area contributed by atoms with Crippen LogP contribution in [0.2, 0.25) is 0 Å². The maximum absolute atomic E-state index is 12.1. The Morgan fingerprint density at radius 1 is 1.13 bits per heavy atom. The number of ether oxygens (including phenoxy) is 1. The average Bonchev–Trinajstić information content (AvgIpc) is 2.55. The lowest BCUT2D eigenvalue weighted by Gasteiger charge is -2.07. The van der Waals surface area contributed by atoms with Crippen LogP contribution in [0.1, 0.15) is 27.6 Å². The van der Waals surface area contributed by atoms with E-state index in [1.807, 2.05) is 0 Å². The molecule has 7 nitrogen and oxygen atoms in total. The van der Waals surface area contributed by atoms with Gasteiger partial charge in [-0.3, -0.25) is 14.9 Å². The molecule has 0 aliphatic rings. The standard InChI is InChI=1S/C16H14N2O5/c1-2-17-15(19)12-8-9-13(18(21)22)14(10-12)23-16(20)11-6-4-3-5-7-11/h3-10H,2H2,1H3,(H,17,19). The molecule has 2 aromatic rings. The molecular formula is C16H14N2O5. The number of nitro groups is 1. The number of nitrogens with zero attached hydrogens (tertiary/aromatic N) is 1. The van der Waals surface area contributed by atoms with E-state index in [1.54, 1.807) is 25.1 Å². The monoisotopic (exact) mass is 314 g/mol. The van der Waals surface area contributed by atoms with Crippen LogP contribution >= 0.6 is 0 Å². The number of benzene rings is 2. The van der Waals surface area contributed by atoms with Crippen LogP contribution in [0.3, 0.4) is 0 Å². The van der Waals surface area contributed by atoms with Gasteiger partial charge in [0.05, 0.1) is 10.5 Å². The Morgan fingerprint density at radius 2 is 1.83 bits per heavy atom. The minimum Gasteiger partial charge on any atom is -0.416 e. The van der Waals surface area contributed by atoms with Gasteiger partial charge in [0.25, 0.3) is 5.91 Å². The van der Waals surface area contributed by atoms with Crippen LogP contribution in [0.25, 0.3) is 0 Å². The third kappa shape index (κ3) is 3.91. The Morgan fingerprint density at radius 3 is 2.43 bits per heavy atom. The number of nitrogens with one attached hydrogen (secondary N) is 1.